The lowest BCUT2D eigenvalue weighted by molar-refractivity contribution is 0.606. The van der Waals surface area contributed by atoms with Crippen LogP contribution in [0.2, 0.25) is 0 Å². The highest BCUT2D eigenvalue weighted by atomic mass is 14.6. The molecule has 0 aliphatic heterocycles. The Kier molecular flexibility index (Phi) is 4.62. The SMILES string of the molecule is CN=CCCC(C)C. The summed E-state index contributed by atoms with van der Waals surface area (Å²) in [7, 11) is 1.82. The highest BCUT2D eigenvalue weighted by Gasteiger charge is 1.88. The lowest BCUT2D eigenvalue weighted by atomic mass is 10.1. The second-order valence-corrected chi connectivity index (χ2v) is 2.41. The summed E-state index contributed by atoms with van der Waals surface area (Å²) in [5, 5.41) is 0. The van der Waals surface area contributed by atoms with E-state index >= 15 is 0 Å². The molecule has 0 heterocycles. The van der Waals surface area contributed by atoms with Crippen LogP contribution in [0.15, 0.2) is 4.99 Å². The predicted molar refractivity (Wildman–Crippen MR) is 38.5 cm³/mol. The summed E-state index contributed by atoms with van der Waals surface area (Å²) >= 11 is 0. The third-order valence-corrected chi connectivity index (χ3v) is 1.06. The molecule has 48 valence electrons. The quantitative estimate of drug-likeness (QED) is 0.497. The molecule has 0 fully saturated rings. The fourth-order valence-corrected chi connectivity index (χ4v) is 0.537. The van der Waals surface area contributed by atoms with Gasteiger partial charge in [0.1, 0.15) is 0 Å². The summed E-state index contributed by atoms with van der Waals surface area (Å²) in [5.74, 6) is 0.813. The van der Waals surface area contributed by atoms with Crippen molar-refractivity contribution in [2.75, 3.05) is 7.05 Å². The first-order chi connectivity index (χ1) is 3.77. The zero-order chi connectivity index (χ0) is 6.41. The molecule has 0 aromatic heterocycles. The molecular weight excluding hydrogens is 98.1 g/mol. The summed E-state index contributed by atoms with van der Waals surface area (Å²) in [6.07, 6.45) is 4.37. The number of nitrogens with zero attached hydrogens (tertiary/aromatic N) is 1. The van der Waals surface area contributed by atoms with Gasteiger partial charge in [-0.15, -0.1) is 0 Å². The largest absolute Gasteiger partial charge is 0.301 e. The molecule has 8 heavy (non-hydrogen) atoms. The predicted octanol–water partition coefficient (Wildman–Crippen LogP) is 2.12. The van der Waals surface area contributed by atoms with Crippen LogP contribution in [0, 0.1) is 5.92 Å². The van der Waals surface area contributed by atoms with Crippen LogP contribution in [0.25, 0.3) is 0 Å². The van der Waals surface area contributed by atoms with Crippen molar-refractivity contribution in [1.29, 1.82) is 0 Å². The summed E-state index contributed by atoms with van der Waals surface area (Å²) in [5.41, 5.74) is 0. The Bertz CT molecular complexity index is 64.8. The molecule has 0 aliphatic rings. The molecule has 0 unspecified atom stereocenters. The lowest BCUT2D eigenvalue weighted by Gasteiger charge is -1.97. The number of aliphatic imine (C=N–C) groups is 1. The van der Waals surface area contributed by atoms with E-state index in [2.05, 4.69) is 18.8 Å². The van der Waals surface area contributed by atoms with Crippen molar-refractivity contribution in [2.24, 2.45) is 10.9 Å². The second-order valence-electron chi connectivity index (χ2n) is 2.41. The molecule has 1 heteroatoms. The van der Waals surface area contributed by atoms with Gasteiger partial charge in [0.05, 0.1) is 0 Å². The molecule has 0 aliphatic carbocycles. The van der Waals surface area contributed by atoms with E-state index in [1.165, 1.54) is 6.42 Å². The molecule has 1 nitrogen and oxygen atoms in total. The van der Waals surface area contributed by atoms with E-state index in [9.17, 15) is 0 Å². The molecule has 0 radical (unpaired) electrons. The van der Waals surface area contributed by atoms with Gasteiger partial charge in [-0.1, -0.05) is 13.8 Å². The second kappa shape index (κ2) is 4.82. The van der Waals surface area contributed by atoms with Gasteiger partial charge in [-0.05, 0) is 25.0 Å². The molecule has 0 rings (SSSR count). The third-order valence-electron chi connectivity index (χ3n) is 1.06. The topological polar surface area (TPSA) is 12.4 Å². The molecule has 0 atom stereocenters. The van der Waals surface area contributed by atoms with E-state index in [1.54, 1.807) is 0 Å². The highest BCUT2D eigenvalue weighted by Crippen LogP contribution is 2.00. The molecule has 0 aromatic rings. The van der Waals surface area contributed by atoms with Crippen LogP contribution in [-0.4, -0.2) is 13.3 Å². The first-order valence-corrected chi connectivity index (χ1v) is 3.18. The maximum Gasteiger partial charge on any atom is 0.0273 e. The molecular formula is C7H15N. The molecule has 0 spiro atoms. The van der Waals surface area contributed by atoms with E-state index in [-0.39, 0.29) is 0 Å². The van der Waals surface area contributed by atoms with Crippen LogP contribution < -0.4 is 0 Å². The Hall–Kier alpha value is -0.330. The minimum Gasteiger partial charge on any atom is -0.301 e. The minimum absolute atomic E-state index is 0.813. The van der Waals surface area contributed by atoms with Gasteiger partial charge < -0.3 is 4.99 Å². The molecule has 0 bridgehead atoms. The maximum atomic E-state index is 3.88. The standard InChI is InChI=1S/C7H15N/c1-7(2)5-4-6-8-3/h6-7H,4-5H2,1-3H3. The molecule has 0 N–H and O–H groups in total. The van der Waals surface area contributed by atoms with Gasteiger partial charge in [0.2, 0.25) is 0 Å². The van der Waals surface area contributed by atoms with Crippen molar-refractivity contribution in [1.82, 2.24) is 0 Å². The normalized spacial score (nSPS) is 11.5. The zero-order valence-electron chi connectivity index (χ0n) is 6.02. The number of hydrogen-bond donors (Lipinski definition) is 0. The Balaban J connectivity index is 2.93. The summed E-state index contributed by atoms with van der Waals surface area (Å²) in [6, 6.07) is 0. The monoisotopic (exact) mass is 113 g/mol. The zero-order valence-corrected chi connectivity index (χ0v) is 6.02. The van der Waals surface area contributed by atoms with Crippen LogP contribution in [-0.2, 0) is 0 Å². The average Bonchev–Trinajstić information content (AvgIpc) is 1.66. The first kappa shape index (κ1) is 7.67. The molecule has 0 aromatic carbocycles. The van der Waals surface area contributed by atoms with Gasteiger partial charge in [-0.3, -0.25) is 0 Å². The highest BCUT2D eigenvalue weighted by molar-refractivity contribution is 5.56. The van der Waals surface area contributed by atoms with E-state index < -0.39 is 0 Å². The Morgan fingerprint density at radius 2 is 2.12 bits per heavy atom. The summed E-state index contributed by atoms with van der Waals surface area (Å²) in [4.78, 5) is 3.88. The summed E-state index contributed by atoms with van der Waals surface area (Å²) in [6.45, 7) is 4.45. The van der Waals surface area contributed by atoms with Crippen molar-refractivity contribution in [3.05, 3.63) is 0 Å². The Morgan fingerprint density at radius 1 is 1.50 bits per heavy atom. The van der Waals surface area contributed by atoms with E-state index in [4.69, 9.17) is 0 Å². The van der Waals surface area contributed by atoms with Crippen molar-refractivity contribution >= 4 is 6.21 Å². The van der Waals surface area contributed by atoms with Crippen LogP contribution >= 0.6 is 0 Å². The van der Waals surface area contributed by atoms with Crippen LogP contribution in [0.3, 0.4) is 0 Å². The van der Waals surface area contributed by atoms with Crippen LogP contribution in [0.4, 0.5) is 0 Å². The summed E-state index contributed by atoms with van der Waals surface area (Å²) < 4.78 is 0. The van der Waals surface area contributed by atoms with E-state index in [1.807, 2.05) is 13.3 Å². The molecule has 0 saturated heterocycles. The average molecular weight is 113 g/mol. The van der Waals surface area contributed by atoms with Crippen molar-refractivity contribution in [3.8, 4) is 0 Å². The van der Waals surface area contributed by atoms with Gasteiger partial charge in [-0.25, -0.2) is 0 Å². The third kappa shape index (κ3) is 5.67. The Morgan fingerprint density at radius 3 is 2.50 bits per heavy atom. The number of hydrogen-bond acceptors (Lipinski definition) is 1. The van der Waals surface area contributed by atoms with Crippen LogP contribution in [0.5, 0.6) is 0 Å². The van der Waals surface area contributed by atoms with Gasteiger partial charge in [0.25, 0.3) is 0 Å². The fourth-order valence-electron chi connectivity index (χ4n) is 0.537. The van der Waals surface area contributed by atoms with E-state index in [0.29, 0.717) is 0 Å². The minimum atomic E-state index is 0.813. The van der Waals surface area contributed by atoms with Crippen molar-refractivity contribution in [3.63, 3.8) is 0 Å². The van der Waals surface area contributed by atoms with Crippen molar-refractivity contribution < 1.29 is 0 Å². The molecule has 0 saturated carbocycles. The molecule has 0 amide bonds. The first-order valence-electron chi connectivity index (χ1n) is 3.18. The van der Waals surface area contributed by atoms with Crippen LogP contribution in [0.1, 0.15) is 26.7 Å². The maximum absolute atomic E-state index is 3.88. The lowest BCUT2D eigenvalue weighted by Crippen LogP contribution is -1.86. The van der Waals surface area contributed by atoms with Crippen molar-refractivity contribution in [2.45, 2.75) is 26.7 Å². The van der Waals surface area contributed by atoms with Gasteiger partial charge in [-0.2, -0.15) is 0 Å². The smallest absolute Gasteiger partial charge is 0.0273 e. The van der Waals surface area contributed by atoms with Gasteiger partial charge in [0.15, 0.2) is 0 Å². The number of rotatable bonds is 3. The van der Waals surface area contributed by atoms with Gasteiger partial charge >= 0.3 is 0 Å². The Labute approximate surface area is 51.8 Å². The van der Waals surface area contributed by atoms with E-state index in [0.717, 1.165) is 12.3 Å². The van der Waals surface area contributed by atoms with Gasteiger partial charge in [0, 0.05) is 7.05 Å². The fraction of sp³-hybridized carbons (Fsp3) is 0.857.